The van der Waals surface area contributed by atoms with Gasteiger partial charge in [0.25, 0.3) is 0 Å². The third-order valence-electron chi connectivity index (χ3n) is 5.99. The van der Waals surface area contributed by atoms with Crippen LogP contribution in [0.5, 0.6) is 5.75 Å². The van der Waals surface area contributed by atoms with Crippen molar-refractivity contribution in [1.29, 1.82) is 0 Å². The van der Waals surface area contributed by atoms with Gasteiger partial charge in [0.1, 0.15) is 5.75 Å². The minimum absolute atomic E-state index is 0.166. The van der Waals surface area contributed by atoms with Crippen molar-refractivity contribution in [3.05, 3.63) is 29.3 Å². The highest BCUT2D eigenvalue weighted by molar-refractivity contribution is 5.42. The summed E-state index contributed by atoms with van der Waals surface area (Å²) in [6.07, 6.45) is 8.44. The SMILES string of the molecule is CCCCC(CC)OC(Oc1ccc2c(c1)CC(CC)C2CC)C(C)C. The van der Waals surface area contributed by atoms with Crippen molar-refractivity contribution in [2.45, 2.75) is 105 Å². The predicted octanol–water partition coefficient (Wildman–Crippen LogP) is 7.11. The molecule has 1 aromatic rings. The fourth-order valence-corrected chi connectivity index (χ4v) is 4.30. The van der Waals surface area contributed by atoms with Crippen LogP contribution in [0.4, 0.5) is 0 Å². The molecule has 4 atom stereocenters. The summed E-state index contributed by atoms with van der Waals surface area (Å²) >= 11 is 0. The molecular weight excluding hydrogens is 320 g/mol. The van der Waals surface area contributed by atoms with E-state index >= 15 is 0 Å². The number of unbranched alkanes of at least 4 members (excludes halogenated alkanes) is 1. The zero-order valence-electron chi connectivity index (χ0n) is 17.9. The Balaban J connectivity index is 2.08. The lowest BCUT2D eigenvalue weighted by molar-refractivity contribution is -0.145. The smallest absolute Gasteiger partial charge is 0.202 e. The summed E-state index contributed by atoms with van der Waals surface area (Å²) in [5.74, 6) is 2.82. The maximum absolute atomic E-state index is 6.35. The topological polar surface area (TPSA) is 18.5 Å². The number of hydrogen-bond donors (Lipinski definition) is 0. The minimum Gasteiger partial charge on any atom is -0.465 e. The van der Waals surface area contributed by atoms with Crippen LogP contribution in [0.3, 0.4) is 0 Å². The molecule has 148 valence electrons. The highest BCUT2D eigenvalue weighted by Crippen LogP contribution is 2.43. The number of rotatable bonds is 11. The first-order chi connectivity index (χ1) is 12.5. The van der Waals surface area contributed by atoms with Crippen molar-refractivity contribution in [3.8, 4) is 5.75 Å². The Labute approximate surface area is 161 Å². The van der Waals surface area contributed by atoms with Crippen LogP contribution in [-0.2, 0) is 11.2 Å². The van der Waals surface area contributed by atoms with E-state index in [1.807, 2.05) is 0 Å². The van der Waals surface area contributed by atoms with Gasteiger partial charge in [-0.15, -0.1) is 0 Å². The van der Waals surface area contributed by atoms with E-state index in [4.69, 9.17) is 9.47 Å². The van der Waals surface area contributed by atoms with Gasteiger partial charge in [0.05, 0.1) is 6.10 Å². The van der Waals surface area contributed by atoms with Crippen molar-refractivity contribution < 1.29 is 9.47 Å². The van der Waals surface area contributed by atoms with Gasteiger partial charge in [-0.2, -0.15) is 0 Å². The largest absolute Gasteiger partial charge is 0.465 e. The second-order valence-electron chi connectivity index (χ2n) is 8.29. The van der Waals surface area contributed by atoms with Gasteiger partial charge in [-0.3, -0.25) is 0 Å². The lowest BCUT2D eigenvalue weighted by Crippen LogP contribution is -2.31. The molecule has 1 aliphatic rings. The normalized spacial score (nSPS) is 21.7. The molecule has 0 aliphatic heterocycles. The summed E-state index contributed by atoms with van der Waals surface area (Å²) in [5, 5.41) is 0. The van der Waals surface area contributed by atoms with E-state index in [1.165, 1.54) is 37.7 Å². The molecule has 0 spiro atoms. The van der Waals surface area contributed by atoms with Crippen LogP contribution in [0.1, 0.15) is 97.1 Å². The highest BCUT2D eigenvalue weighted by Gasteiger charge is 2.30. The van der Waals surface area contributed by atoms with Gasteiger partial charge < -0.3 is 9.47 Å². The Morgan fingerprint density at radius 1 is 1.08 bits per heavy atom. The van der Waals surface area contributed by atoms with Crippen LogP contribution >= 0.6 is 0 Å². The van der Waals surface area contributed by atoms with E-state index in [2.05, 4.69) is 59.7 Å². The van der Waals surface area contributed by atoms with Gasteiger partial charge in [0, 0.05) is 5.92 Å². The van der Waals surface area contributed by atoms with E-state index in [0.717, 1.165) is 30.4 Å². The Bertz CT molecular complexity index is 537. The van der Waals surface area contributed by atoms with Crippen molar-refractivity contribution in [3.63, 3.8) is 0 Å². The Hall–Kier alpha value is -1.02. The van der Waals surface area contributed by atoms with Crippen LogP contribution in [0.25, 0.3) is 0 Å². The Morgan fingerprint density at radius 3 is 2.42 bits per heavy atom. The molecular formula is C24H40O2. The molecule has 2 nitrogen and oxygen atoms in total. The molecule has 0 heterocycles. The summed E-state index contributed by atoms with van der Waals surface area (Å²) in [5.41, 5.74) is 3.03. The lowest BCUT2D eigenvalue weighted by Gasteiger charge is -2.28. The summed E-state index contributed by atoms with van der Waals surface area (Å²) in [6, 6.07) is 6.74. The molecule has 26 heavy (non-hydrogen) atoms. The monoisotopic (exact) mass is 360 g/mol. The van der Waals surface area contributed by atoms with Crippen molar-refractivity contribution in [2.75, 3.05) is 0 Å². The quantitative estimate of drug-likeness (QED) is 0.391. The minimum atomic E-state index is -0.166. The van der Waals surface area contributed by atoms with Gasteiger partial charge in [-0.1, -0.05) is 66.9 Å². The van der Waals surface area contributed by atoms with Crippen molar-refractivity contribution in [1.82, 2.24) is 0 Å². The first-order valence-electron chi connectivity index (χ1n) is 11.0. The average Bonchev–Trinajstić information content (AvgIpc) is 3.00. The van der Waals surface area contributed by atoms with E-state index in [9.17, 15) is 0 Å². The first kappa shape index (κ1) is 21.3. The van der Waals surface area contributed by atoms with E-state index in [1.54, 1.807) is 5.56 Å². The fraction of sp³-hybridized carbons (Fsp3) is 0.750. The molecule has 0 saturated heterocycles. The van der Waals surface area contributed by atoms with Gasteiger partial charge in [0.2, 0.25) is 6.29 Å². The van der Waals surface area contributed by atoms with Gasteiger partial charge in [-0.25, -0.2) is 0 Å². The molecule has 0 aromatic heterocycles. The van der Waals surface area contributed by atoms with Crippen LogP contribution in [0.2, 0.25) is 0 Å². The van der Waals surface area contributed by atoms with Gasteiger partial charge in [-0.05, 0) is 60.8 Å². The Kier molecular flexibility index (Phi) is 8.47. The molecule has 4 unspecified atom stereocenters. The molecule has 2 heteroatoms. The van der Waals surface area contributed by atoms with Crippen LogP contribution in [-0.4, -0.2) is 12.4 Å². The molecule has 0 radical (unpaired) electrons. The molecule has 0 amide bonds. The lowest BCUT2D eigenvalue weighted by atomic mass is 9.88. The van der Waals surface area contributed by atoms with Gasteiger partial charge >= 0.3 is 0 Å². The summed E-state index contributed by atoms with van der Waals surface area (Å²) < 4.78 is 12.7. The zero-order chi connectivity index (χ0) is 19.1. The van der Waals surface area contributed by atoms with E-state index < -0.39 is 0 Å². The summed E-state index contributed by atoms with van der Waals surface area (Å²) in [4.78, 5) is 0. The van der Waals surface area contributed by atoms with Crippen LogP contribution in [0, 0.1) is 11.8 Å². The second-order valence-corrected chi connectivity index (χ2v) is 8.29. The molecule has 1 aromatic carbocycles. The molecule has 0 saturated carbocycles. The third-order valence-corrected chi connectivity index (χ3v) is 5.99. The zero-order valence-corrected chi connectivity index (χ0v) is 17.9. The predicted molar refractivity (Wildman–Crippen MR) is 111 cm³/mol. The van der Waals surface area contributed by atoms with Crippen molar-refractivity contribution >= 4 is 0 Å². The molecule has 0 fully saturated rings. The standard InChI is InChI=1S/C24H40O2/c1-7-11-12-20(9-3)25-24(17(5)6)26-21-13-14-23-19(16-21)15-18(8-2)22(23)10-4/h13-14,16-18,20,22,24H,7-12,15H2,1-6H3. The first-order valence-corrected chi connectivity index (χ1v) is 11.0. The number of ether oxygens (including phenoxy) is 2. The highest BCUT2D eigenvalue weighted by atomic mass is 16.7. The van der Waals surface area contributed by atoms with Crippen molar-refractivity contribution in [2.24, 2.45) is 11.8 Å². The number of hydrogen-bond acceptors (Lipinski definition) is 2. The molecule has 0 bridgehead atoms. The molecule has 1 aliphatic carbocycles. The maximum atomic E-state index is 6.35. The molecule has 2 rings (SSSR count). The third kappa shape index (κ3) is 5.25. The number of benzene rings is 1. The molecule has 0 N–H and O–H groups in total. The average molecular weight is 361 g/mol. The van der Waals surface area contributed by atoms with Crippen LogP contribution in [0.15, 0.2) is 18.2 Å². The summed E-state index contributed by atoms with van der Waals surface area (Å²) in [7, 11) is 0. The maximum Gasteiger partial charge on any atom is 0.202 e. The number of fused-ring (bicyclic) bond motifs is 1. The summed E-state index contributed by atoms with van der Waals surface area (Å²) in [6.45, 7) is 13.5. The Morgan fingerprint density at radius 2 is 1.85 bits per heavy atom. The van der Waals surface area contributed by atoms with Gasteiger partial charge in [0.15, 0.2) is 0 Å². The van der Waals surface area contributed by atoms with E-state index in [0.29, 0.717) is 12.0 Å². The van der Waals surface area contributed by atoms with E-state index in [-0.39, 0.29) is 6.29 Å². The second kappa shape index (κ2) is 10.3. The fourth-order valence-electron chi connectivity index (χ4n) is 4.30. The van der Waals surface area contributed by atoms with Crippen LogP contribution < -0.4 is 4.74 Å².